The molecule has 116 valence electrons. The highest BCUT2D eigenvalue weighted by Crippen LogP contribution is 2.26. The number of hydrogen-bond donors (Lipinski definition) is 3. The average Bonchev–Trinajstić information content (AvgIpc) is 2.80. The minimum Gasteiger partial charge on any atom is -0.467 e. The van der Waals surface area contributed by atoms with E-state index in [4.69, 9.17) is 9.47 Å². The van der Waals surface area contributed by atoms with Crippen molar-refractivity contribution in [3.63, 3.8) is 0 Å². The quantitative estimate of drug-likeness (QED) is 0.610. The van der Waals surface area contributed by atoms with Crippen LogP contribution in [-0.4, -0.2) is 59.1 Å². The normalized spacial score (nSPS) is 30.1. The summed E-state index contributed by atoms with van der Waals surface area (Å²) in [5, 5.41) is 29.2. The number of carbonyl (C=O) groups is 1. The lowest BCUT2D eigenvalue weighted by Gasteiger charge is -2.23. The van der Waals surface area contributed by atoms with E-state index in [1.807, 2.05) is 30.3 Å². The first-order chi connectivity index (χ1) is 10.0. The van der Waals surface area contributed by atoms with Gasteiger partial charge in [0.05, 0.1) is 13.7 Å². The minimum atomic E-state index is -1.65. The van der Waals surface area contributed by atoms with E-state index in [9.17, 15) is 20.1 Å². The van der Waals surface area contributed by atoms with Gasteiger partial charge in [-0.15, -0.1) is 0 Å². The Morgan fingerprint density at radius 2 is 2.00 bits per heavy atom. The summed E-state index contributed by atoms with van der Waals surface area (Å²) in [5.41, 5.74) is 0.845. The second-order valence-corrected chi connectivity index (χ2v) is 4.71. The number of ether oxygens (including phenoxy) is 3. The van der Waals surface area contributed by atoms with Crippen LogP contribution in [0.3, 0.4) is 0 Å². The van der Waals surface area contributed by atoms with E-state index in [1.54, 1.807) is 0 Å². The van der Waals surface area contributed by atoms with Crippen molar-refractivity contribution in [2.75, 3.05) is 7.11 Å². The zero-order valence-corrected chi connectivity index (χ0v) is 11.5. The van der Waals surface area contributed by atoms with Crippen LogP contribution < -0.4 is 0 Å². The zero-order valence-electron chi connectivity index (χ0n) is 11.5. The predicted octanol–water partition coefficient (Wildman–Crippen LogP) is -0.816. The zero-order chi connectivity index (χ0) is 15.4. The minimum absolute atomic E-state index is 0.142. The number of carbonyl (C=O) groups excluding carboxylic acids is 1. The number of aliphatic hydroxyl groups excluding tert-OH is 3. The van der Waals surface area contributed by atoms with E-state index in [1.165, 1.54) is 0 Å². The molecule has 21 heavy (non-hydrogen) atoms. The van der Waals surface area contributed by atoms with E-state index >= 15 is 0 Å². The van der Waals surface area contributed by atoms with Gasteiger partial charge in [0.2, 0.25) is 0 Å². The molecule has 1 heterocycles. The van der Waals surface area contributed by atoms with E-state index in [0.29, 0.717) is 0 Å². The van der Waals surface area contributed by atoms with Crippen LogP contribution in [0.15, 0.2) is 30.3 Å². The van der Waals surface area contributed by atoms with Gasteiger partial charge in [0.1, 0.15) is 18.3 Å². The fourth-order valence-electron chi connectivity index (χ4n) is 2.14. The Labute approximate surface area is 121 Å². The molecule has 0 aliphatic carbocycles. The van der Waals surface area contributed by atoms with Crippen molar-refractivity contribution in [2.45, 2.75) is 37.3 Å². The van der Waals surface area contributed by atoms with Gasteiger partial charge in [0.25, 0.3) is 0 Å². The van der Waals surface area contributed by atoms with Crippen molar-refractivity contribution in [1.82, 2.24) is 0 Å². The Balaban J connectivity index is 2.04. The first-order valence-corrected chi connectivity index (χ1v) is 6.47. The maximum atomic E-state index is 11.4. The molecule has 3 N–H and O–H groups in total. The summed E-state index contributed by atoms with van der Waals surface area (Å²) in [6.07, 6.45) is -6.80. The van der Waals surface area contributed by atoms with Crippen molar-refractivity contribution < 1.29 is 34.3 Å². The third-order valence-corrected chi connectivity index (χ3v) is 3.29. The molecule has 1 aliphatic rings. The second kappa shape index (κ2) is 6.97. The fraction of sp³-hybridized carbons (Fsp3) is 0.500. The van der Waals surface area contributed by atoms with Crippen molar-refractivity contribution in [3.8, 4) is 0 Å². The molecule has 1 aromatic rings. The Hall–Kier alpha value is -1.51. The smallest absolute Gasteiger partial charge is 0.337 e. The molecule has 0 bridgehead atoms. The molecule has 0 amide bonds. The summed E-state index contributed by atoms with van der Waals surface area (Å²) in [6, 6.07) is 9.16. The van der Waals surface area contributed by atoms with E-state index in [0.717, 1.165) is 12.7 Å². The maximum absolute atomic E-state index is 11.4. The molecule has 1 aliphatic heterocycles. The third-order valence-electron chi connectivity index (χ3n) is 3.29. The first-order valence-electron chi connectivity index (χ1n) is 6.47. The molecule has 7 heteroatoms. The van der Waals surface area contributed by atoms with Gasteiger partial charge in [0.15, 0.2) is 12.4 Å². The molecular weight excluding hydrogens is 280 g/mol. The van der Waals surface area contributed by atoms with E-state index < -0.39 is 36.7 Å². The van der Waals surface area contributed by atoms with Crippen molar-refractivity contribution in [2.24, 2.45) is 0 Å². The molecule has 0 saturated carbocycles. The van der Waals surface area contributed by atoms with Crippen LogP contribution in [0.25, 0.3) is 0 Å². The lowest BCUT2D eigenvalue weighted by molar-refractivity contribution is -0.174. The van der Waals surface area contributed by atoms with Crippen molar-refractivity contribution in [3.05, 3.63) is 35.9 Å². The van der Waals surface area contributed by atoms with Gasteiger partial charge in [-0.05, 0) is 5.56 Å². The van der Waals surface area contributed by atoms with Gasteiger partial charge in [-0.3, -0.25) is 0 Å². The molecule has 0 spiro atoms. The SMILES string of the molecule is COC(=O)C(O)C1OC(O)C(O)C1OCc1ccccc1. The molecule has 1 saturated heterocycles. The fourth-order valence-corrected chi connectivity index (χ4v) is 2.14. The third kappa shape index (κ3) is 3.58. The molecule has 7 nitrogen and oxygen atoms in total. The monoisotopic (exact) mass is 298 g/mol. The second-order valence-electron chi connectivity index (χ2n) is 4.71. The molecule has 5 unspecified atom stereocenters. The van der Waals surface area contributed by atoms with E-state index in [-0.39, 0.29) is 6.61 Å². The summed E-state index contributed by atoms with van der Waals surface area (Å²) >= 11 is 0. The Bertz CT molecular complexity index is 464. The summed E-state index contributed by atoms with van der Waals surface area (Å²) in [7, 11) is 1.12. The van der Waals surface area contributed by atoms with Gasteiger partial charge in [-0.1, -0.05) is 30.3 Å². The highest BCUT2D eigenvalue weighted by Gasteiger charge is 2.49. The summed E-state index contributed by atoms with van der Waals surface area (Å²) in [6.45, 7) is 0.142. The van der Waals surface area contributed by atoms with Gasteiger partial charge >= 0.3 is 5.97 Å². The van der Waals surface area contributed by atoms with Crippen molar-refractivity contribution >= 4 is 5.97 Å². The van der Waals surface area contributed by atoms with Gasteiger partial charge in [-0.2, -0.15) is 0 Å². The topological polar surface area (TPSA) is 105 Å². The van der Waals surface area contributed by atoms with Crippen LogP contribution in [-0.2, 0) is 25.6 Å². The van der Waals surface area contributed by atoms with Crippen LogP contribution >= 0.6 is 0 Å². The van der Waals surface area contributed by atoms with Crippen LogP contribution in [0.1, 0.15) is 5.56 Å². The summed E-state index contributed by atoms with van der Waals surface area (Å²) < 4.78 is 14.9. The average molecular weight is 298 g/mol. The Morgan fingerprint density at radius 3 is 2.62 bits per heavy atom. The molecule has 5 atom stereocenters. The van der Waals surface area contributed by atoms with Gasteiger partial charge in [-0.25, -0.2) is 4.79 Å². The molecule has 2 rings (SSSR count). The maximum Gasteiger partial charge on any atom is 0.337 e. The van der Waals surface area contributed by atoms with Gasteiger partial charge < -0.3 is 29.5 Å². The molecule has 1 fully saturated rings. The molecule has 1 aromatic carbocycles. The highest BCUT2D eigenvalue weighted by molar-refractivity contribution is 5.75. The molecule has 0 radical (unpaired) electrons. The van der Waals surface area contributed by atoms with Crippen molar-refractivity contribution in [1.29, 1.82) is 0 Å². The number of esters is 1. The lowest BCUT2D eigenvalue weighted by atomic mass is 10.1. The molecule has 0 aromatic heterocycles. The largest absolute Gasteiger partial charge is 0.467 e. The summed E-state index contributed by atoms with van der Waals surface area (Å²) in [5.74, 6) is -0.922. The van der Waals surface area contributed by atoms with E-state index in [2.05, 4.69) is 4.74 Å². The highest BCUT2D eigenvalue weighted by atomic mass is 16.7. The van der Waals surface area contributed by atoms with Crippen LogP contribution in [0.5, 0.6) is 0 Å². The lowest BCUT2D eigenvalue weighted by Crippen LogP contribution is -2.44. The number of methoxy groups -OCH3 is 1. The predicted molar refractivity (Wildman–Crippen MR) is 69.9 cm³/mol. The number of rotatable bonds is 5. The van der Waals surface area contributed by atoms with Gasteiger partial charge in [0, 0.05) is 0 Å². The number of aliphatic hydroxyl groups is 3. The Kier molecular flexibility index (Phi) is 5.27. The van der Waals surface area contributed by atoms with Crippen LogP contribution in [0.2, 0.25) is 0 Å². The van der Waals surface area contributed by atoms with Crippen LogP contribution in [0, 0.1) is 0 Å². The first kappa shape index (κ1) is 15.9. The molecular formula is C14H18O7. The summed E-state index contributed by atoms with van der Waals surface area (Å²) in [4.78, 5) is 11.4. The number of hydrogen-bond acceptors (Lipinski definition) is 7. The van der Waals surface area contributed by atoms with Crippen LogP contribution in [0.4, 0.5) is 0 Å². The standard InChI is InChI=1S/C14H18O7/c1-19-13(17)10(16)12-11(9(15)14(18)21-12)20-7-8-5-3-2-4-6-8/h2-6,9-12,14-16,18H,7H2,1H3. The Morgan fingerprint density at radius 1 is 1.33 bits per heavy atom. The number of benzene rings is 1.